The molecule has 0 aromatic heterocycles. The standard InChI is InChI=1S/C20H28N4O.HI/c1-2-24-13-6-9-17(24)15-23-20(21)22-12-14-25-19-11-5-8-16-7-3-4-10-18(16)19;/h3-5,7-8,10-11,17H,2,6,9,12-15H2,1H3,(H3,21,22,23);1H. The molecule has 1 heterocycles. The minimum Gasteiger partial charge on any atom is -0.491 e. The summed E-state index contributed by atoms with van der Waals surface area (Å²) >= 11 is 0. The maximum Gasteiger partial charge on any atom is 0.188 e. The molecule has 2 aromatic rings. The van der Waals surface area contributed by atoms with Crippen molar-refractivity contribution >= 4 is 40.7 Å². The smallest absolute Gasteiger partial charge is 0.188 e. The van der Waals surface area contributed by atoms with E-state index >= 15 is 0 Å². The van der Waals surface area contributed by atoms with Crippen molar-refractivity contribution in [3.8, 4) is 5.75 Å². The van der Waals surface area contributed by atoms with Gasteiger partial charge in [0.2, 0.25) is 0 Å². The first kappa shape index (κ1) is 20.8. The van der Waals surface area contributed by atoms with Crippen molar-refractivity contribution in [1.29, 1.82) is 0 Å². The molecule has 3 rings (SSSR count). The number of aliphatic imine (C=N–C) groups is 1. The number of likely N-dealkylation sites (N-methyl/N-ethyl adjacent to an activating group) is 1. The summed E-state index contributed by atoms with van der Waals surface area (Å²) in [6.45, 7) is 6.44. The number of benzene rings is 2. The fourth-order valence-corrected chi connectivity index (χ4v) is 3.44. The topological polar surface area (TPSA) is 62.9 Å². The number of hydrogen-bond acceptors (Lipinski definition) is 3. The van der Waals surface area contributed by atoms with Crippen LogP contribution in [0.1, 0.15) is 19.8 Å². The lowest BCUT2D eigenvalue weighted by Crippen LogP contribution is -2.37. The first-order valence-corrected chi connectivity index (χ1v) is 9.16. The molecule has 1 atom stereocenters. The molecule has 1 aliphatic rings. The molecule has 0 aliphatic carbocycles. The van der Waals surface area contributed by atoms with Gasteiger partial charge in [-0.15, -0.1) is 24.0 Å². The predicted octanol–water partition coefficient (Wildman–Crippen LogP) is 3.23. The Morgan fingerprint density at radius 3 is 2.92 bits per heavy atom. The van der Waals surface area contributed by atoms with Crippen molar-refractivity contribution < 1.29 is 4.74 Å². The zero-order valence-corrected chi connectivity index (χ0v) is 17.7. The van der Waals surface area contributed by atoms with Crippen molar-refractivity contribution in [2.45, 2.75) is 25.8 Å². The molecular formula is C20H29IN4O. The van der Waals surface area contributed by atoms with Crippen LogP contribution in [0.25, 0.3) is 10.8 Å². The van der Waals surface area contributed by atoms with Crippen LogP contribution in [-0.4, -0.2) is 49.7 Å². The third-order valence-electron chi connectivity index (χ3n) is 4.79. The first-order valence-electron chi connectivity index (χ1n) is 9.16. The second-order valence-corrected chi connectivity index (χ2v) is 6.40. The summed E-state index contributed by atoms with van der Waals surface area (Å²) in [5, 5.41) is 5.46. The van der Waals surface area contributed by atoms with Crippen LogP contribution in [-0.2, 0) is 0 Å². The molecule has 6 heteroatoms. The SMILES string of the molecule is CCN1CCCC1CN=C(N)NCCOc1cccc2ccccc12.I. The number of nitrogens with zero attached hydrogens (tertiary/aromatic N) is 2. The van der Waals surface area contributed by atoms with E-state index < -0.39 is 0 Å². The predicted molar refractivity (Wildman–Crippen MR) is 120 cm³/mol. The third-order valence-corrected chi connectivity index (χ3v) is 4.79. The van der Waals surface area contributed by atoms with Gasteiger partial charge in [-0.05, 0) is 37.4 Å². The lowest BCUT2D eigenvalue weighted by molar-refractivity contribution is 0.273. The van der Waals surface area contributed by atoms with Crippen LogP contribution in [0, 0.1) is 0 Å². The molecule has 26 heavy (non-hydrogen) atoms. The second kappa shape index (κ2) is 10.6. The average Bonchev–Trinajstić information content (AvgIpc) is 3.11. The van der Waals surface area contributed by atoms with Crippen LogP contribution in [0.4, 0.5) is 0 Å². The number of hydrogen-bond donors (Lipinski definition) is 2. The van der Waals surface area contributed by atoms with E-state index in [1.165, 1.54) is 24.8 Å². The number of halogens is 1. The molecule has 3 N–H and O–H groups in total. The Morgan fingerprint density at radius 2 is 2.08 bits per heavy atom. The van der Waals surface area contributed by atoms with E-state index in [9.17, 15) is 0 Å². The monoisotopic (exact) mass is 468 g/mol. The second-order valence-electron chi connectivity index (χ2n) is 6.40. The number of nitrogens with two attached hydrogens (primary N) is 1. The van der Waals surface area contributed by atoms with Gasteiger partial charge >= 0.3 is 0 Å². The molecule has 0 saturated carbocycles. The summed E-state index contributed by atoms with van der Waals surface area (Å²) in [6.07, 6.45) is 2.48. The maximum absolute atomic E-state index is 5.97. The number of likely N-dealkylation sites (tertiary alicyclic amines) is 1. The van der Waals surface area contributed by atoms with Crippen molar-refractivity contribution in [3.63, 3.8) is 0 Å². The molecule has 2 aromatic carbocycles. The highest BCUT2D eigenvalue weighted by molar-refractivity contribution is 14.0. The molecular weight excluding hydrogens is 439 g/mol. The summed E-state index contributed by atoms with van der Waals surface area (Å²) < 4.78 is 5.90. The quantitative estimate of drug-likeness (QED) is 0.284. The number of ether oxygens (including phenoxy) is 1. The molecule has 1 aliphatic heterocycles. The fourth-order valence-electron chi connectivity index (χ4n) is 3.44. The minimum absolute atomic E-state index is 0. The molecule has 0 spiro atoms. The van der Waals surface area contributed by atoms with Gasteiger partial charge < -0.3 is 15.8 Å². The van der Waals surface area contributed by atoms with E-state index in [-0.39, 0.29) is 24.0 Å². The van der Waals surface area contributed by atoms with E-state index in [0.717, 1.165) is 24.2 Å². The lowest BCUT2D eigenvalue weighted by atomic mass is 10.1. The van der Waals surface area contributed by atoms with E-state index in [1.807, 2.05) is 24.3 Å². The highest BCUT2D eigenvalue weighted by Gasteiger charge is 2.22. The van der Waals surface area contributed by atoms with Crippen molar-refractivity contribution in [2.75, 3.05) is 32.8 Å². The Kier molecular flexibility index (Phi) is 8.44. The number of guanidine groups is 1. The zero-order chi connectivity index (χ0) is 17.5. The van der Waals surface area contributed by atoms with Crippen LogP contribution in [0.2, 0.25) is 0 Å². The Labute approximate surface area is 173 Å². The molecule has 1 saturated heterocycles. The van der Waals surface area contributed by atoms with Crippen molar-refractivity contribution in [3.05, 3.63) is 42.5 Å². The van der Waals surface area contributed by atoms with Gasteiger partial charge in [-0.25, -0.2) is 0 Å². The Balaban J connectivity index is 0.00000243. The van der Waals surface area contributed by atoms with E-state index in [0.29, 0.717) is 25.2 Å². The van der Waals surface area contributed by atoms with E-state index in [1.54, 1.807) is 0 Å². The van der Waals surface area contributed by atoms with Gasteiger partial charge in [-0.1, -0.05) is 43.3 Å². The fraction of sp³-hybridized carbons (Fsp3) is 0.450. The van der Waals surface area contributed by atoms with Crippen molar-refractivity contribution in [1.82, 2.24) is 10.2 Å². The summed E-state index contributed by atoms with van der Waals surface area (Å²) in [5.74, 6) is 1.41. The normalized spacial score (nSPS) is 17.9. The van der Waals surface area contributed by atoms with Gasteiger partial charge in [0.05, 0.1) is 13.1 Å². The number of fused-ring (bicyclic) bond motifs is 1. The molecule has 142 valence electrons. The minimum atomic E-state index is 0. The van der Waals surface area contributed by atoms with E-state index in [2.05, 4.69) is 40.3 Å². The van der Waals surface area contributed by atoms with Crippen LogP contribution >= 0.6 is 24.0 Å². The summed E-state index contributed by atoms with van der Waals surface area (Å²) in [5.41, 5.74) is 5.97. The maximum atomic E-state index is 5.97. The van der Waals surface area contributed by atoms with Gasteiger partial charge in [-0.2, -0.15) is 0 Å². The average molecular weight is 468 g/mol. The van der Waals surface area contributed by atoms with Crippen LogP contribution < -0.4 is 15.8 Å². The highest BCUT2D eigenvalue weighted by atomic mass is 127. The molecule has 5 nitrogen and oxygen atoms in total. The number of rotatable bonds is 7. The Hall–Kier alpha value is -1.54. The molecule has 0 amide bonds. The van der Waals surface area contributed by atoms with Crippen molar-refractivity contribution in [2.24, 2.45) is 10.7 Å². The highest BCUT2D eigenvalue weighted by Crippen LogP contribution is 2.24. The Morgan fingerprint density at radius 1 is 1.27 bits per heavy atom. The molecule has 1 fully saturated rings. The molecule has 1 unspecified atom stereocenters. The van der Waals surface area contributed by atoms with E-state index in [4.69, 9.17) is 10.5 Å². The van der Waals surface area contributed by atoms with Gasteiger partial charge in [0.1, 0.15) is 12.4 Å². The Bertz CT molecular complexity index is 717. The largest absolute Gasteiger partial charge is 0.491 e. The first-order chi connectivity index (χ1) is 12.3. The van der Waals surface area contributed by atoms with Gasteiger partial charge in [0.25, 0.3) is 0 Å². The van der Waals surface area contributed by atoms with Gasteiger partial charge in [0.15, 0.2) is 5.96 Å². The van der Waals surface area contributed by atoms with Gasteiger partial charge in [-0.3, -0.25) is 9.89 Å². The lowest BCUT2D eigenvalue weighted by Gasteiger charge is -2.21. The van der Waals surface area contributed by atoms with Gasteiger partial charge in [0, 0.05) is 11.4 Å². The zero-order valence-electron chi connectivity index (χ0n) is 15.4. The number of nitrogens with one attached hydrogen (secondary N) is 1. The summed E-state index contributed by atoms with van der Waals surface area (Å²) in [7, 11) is 0. The van der Waals surface area contributed by atoms with Crippen LogP contribution in [0.3, 0.4) is 0 Å². The summed E-state index contributed by atoms with van der Waals surface area (Å²) in [6, 6.07) is 14.9. The van der Waals surface area contributed by atoms with Crippen LogP contribution in [0.15, 0.2) is 47.5 Å². The molecule has 0 bridgehead atoms. The molecule has 0 radical (unpaired) electrons. The third kappa shape index (κ3) is 5.48. The van der Waals surface area contributed by atoms with Crippen LogP contribution in [0.5, 0.6) is 5.75 Å². The summed E-state index contributed by atoms with van der Waals surface area (Å²) in [4.78, 5) is 6.96.